The summed E-state index contributed by atoms with van der Waals surface area (Å²) in [6, 6.07) is 8.70. The van der Waals surface area contributed by atoms with E-state index in [9.17, 15) is 40.3 Å². The van der Waals surface area contributed by atoms with Gasteiger partial charge in [0.15, 0.2) is 0 Å². The van der Waals surface area contributed by atoms with E-state index in [1.165, 1.54) is 21.9 Å². The van der Waals surface area contributed by atoms with E-state index in [4.69, 9.17) is 0 Å². The van der Waals surface area contributed by atoms with Crippen LogP contribution in [-0.2, 0) is 23.6 Å². The summed E-state index contributed by atoms with van der Waals surface area (Å²) < 4.78 is 93.9. The maximum atomic E-state index is 14.1. The fraction of sp³-hybridized carbons (Fsp3) is 0.379. The Balaban J connectivity index is 1.30. The predicted molar refractivity (Wildman–Crippen MR) is 141 cm³/mol. The molecule has 2 aliphatic heterocycles. The summed E-state index contributed by atoms with van der Waals surface area (Å²) in [7, 11) is 0. The molecule has 3 aromatic rings. The summed E-state index contributed by atoms with van der Waals surface area (Å²) in [4.78, 5) is 32.4. The van der Waals surface area contributed by atoms with Crippen LogP contribution in [0.2, 0.25) is 0 Å². The van der Waals surface area contributed by atoms with Gasteiger partial charge in [-0.25, -0.2) is 4.39 Å². The van der Waals surface area contributed by atoms with Crippen LogP contribution in [0, 0.1) is 5.82 Å². The molecule has 0 radical (unpaired) electrons. The van der Waals surface area contributed by atoms with Gasteiger partial charge in [-0.1, -0.05) is 12.1 Å². The Morgan fingerprint density at radius 2 is 1.50 bits per heavy atom. The average Bonchev–Trinajstić information content (AvgIpc) is 3.26. The van der Waals surface area contributed by atoms with E-state index in [1.807, 2.05) is 22.4 Å². The van der Waals surface area contributed by atoms with Crippen molar-refractivity contribution in [2.24, 2.45) is 0 Å². The van der Waals surface area contributed by atoms with Crippen LogP contribution in [0.25, 0.3) is 0 Å². The van der Waals surface area contributed by atoms with E-state index in [1.54, 1.807) is 22.3 Å². The molecule has 0 unspecified atom stereocenters. The SMILES string of the molecule is O=C(CN1CCc2sccc2[C@@H]1c1cccc(F)c1)N1CCCN(C(=O)c2cc(C(F)(F)F)cc(C(F)(F)F)c2)CC1. The lowest BCUT2D eigenvalue weighted by Gasteiger charge is -2.37. The zero-order valence-electron chi connectivity index (χ0n) is 22.1. The largest absolute Gasteiger partial charge is 0.416 e. The molecule has 1 aromatic heterocycles. The molecule has 2 amide bonds. The number of amides is 2. The molecular formula is C29H26F7N3O2S. The van der Waals surface area contributed by atoms with E-state index in [0.29, 0.717) is 30.7 Å². The van der Waals surface area contributed by atoms with Crippen LogP contribution >= 0.6 is 11.3 Å². The number of carbonyl (C=O) groups excluding carboxylic acids is 2. The fourth-order valence-corrected chi connectivity index (χ4v) is 6.41. The summed E-state index contributed by atoms with van der Waals surface area (Å²) in [5, 5.41) is 1.96. The normalized spacial score (nSPS) is 18.5. The Kier molecular flexibility index (Phi) is 8.35. The van der Waals surface area contributed by atoms with E-state index in [2.05, 4.69) is 0 Å². The topological polar surface area (TPSA) is 43.9 Å². The van der Waals surface area contributed by atoms with Crippen LogP contribution in [-0.4, -0.2) is 65.8 Å². The molecule has 1 atom stereocenters. The number of hydrogen-bond donors (Lipinski definition) is 0. The first kappa shape index (κ1) is 30.0. The molecule has 2 aliphatic rings. The third-order valence-electron chi connectivity index (χ3n) is 7.54. The quantitative estimate of drug-likeness (QED) is 0.327. The number of thiophene rings is 1. The minimum absolute atomic E-state index is 0.0175. The second-order valence-corrected chi connectivity index (χ2v) is 11.3. The molecule has 5 rings (SSSR count). The van der Waals surface area contributed by atoms with Crippen molar-refractivity contribution < 1.29 is 40.3 Å². The third-order valence-corrected chi connectivity index (χ3v) is 8.54. The molecule has 0 bridgehead atoms. The van der Waals surface area contributed by atoms with Crippen molar-refractivity contribution in [2.75, 3.05) is 39.3 Å². The molecule has 1 saturated heterocycles. The zero-order valence-corrected chi connectivity index (χ0v) is 23.0. The van der Waals surface area contributed by atoms with Crippen LogP contribution < -0.4 is 0 Å². The van der Waals surface area contributed by atoms with Crippen LogP contribution in [0.3, 0.4) is 0 Å². The highest BCUT2D eigenvalue weighted by Gasteiger charge is 2.38. The third kappa shape index (κ3) is 6.46. The number of rotatable bonds is 4. The van der Waals surface area contributed by atoms with Crippen LogP contribution in [0.15, 0.2) is 53.9 Å². The number of fused-ring (bicyclic) bond motifs is 1. The number of benzene rings is 2. The van der Waals surface area contributed by atoms with E-state index in [-0.39, 0.29) is 56.6 Å². The second-order valence-electron chi connectivity index (χ2n) is 10.3. The minimum atomic E-state index is -5.07. The van der Waals surface area contributed by atoms with Gasteiger partial charge < -0.3 is 9.80 Å². The first-order valence-corrected chi connectivity index (χ1v) is 14.1. The van der Waals surface area contributed by atoms with E-state index >= 15 is 0 Å². The first-order valence-electron chi connectivity index (χ1n) is 13.2. The van der Waals surface area contributed by atoms with Crippen molar-refractivity contribution >= 4 is 23.2 Å². The summed E-state index contributed by atoms with van der Waals surface area (Å²) in [5.41, 5.74) is -2.11. The molecule has 0 saturated carbocycles. The maximum Gasteiger partial charge on any atom is 0.416 e. The Morgan fingerprint density at radius 1 is 0.833 bits per heavy atom. The number of alkyl halides is 6. The lowest BCUT2D eigenvalue weighted by atomic mass is 9.93. The Labute approximate surface area is 241 Å². The lowest BCUT2D eigenvalue weighted by molar-refractivity contribution is -0.143. The number of halogens is 7. The van der Waals surface area contributed by atoms with Crippen molar-refractivity contribution in [3.05, 3.63) is 92.4 Å². The monoisotopic (exact) mass is 613 g/mol. The molecule has 13 heteroatoms. The second kappa shape index (κ2) is 11.7. The van der Waals surface area contributed by atoms with Gasteiger partial charge in [-0.05, 0) is 65.7 Å². The van der Waals surface area contributed by atoms with Gasteiger partial charge in [-0.2, -0.15) is 26.3 Å². The average molecular weight is 614 g/mol. The Bertz CT molecular complexity index is 1440. The van der Waals surface area contributed by atoms with Crippen LogP contribution in [0.5, 0.6) is 0 Å². The summed E-state index contributed by atoms with van der Waals surface area (Å²) >= 11 is 1.61. The number of hydrogen-bond acceptors (Lipinski definition) is 4. The van der Waals surface area contributed by atoms with Gasteiger partial charge >= 0.3 is 12.4 Å². The molecule has 1 fully saturated rings. The van der Waals surface area contributed by atoms with Gasteiger partial charge in [0, 0.05) is 43.2 Å². The molecule has 0 spiro atoms. The highest BCUT2D eigenvalue weighted by Crippen LogP contribution is 2.38. The molecule has 0 aliphatic carbocycles. The molecule has 2 aromatic carbocycles. The van der Waals surface area contributed by atoms with E-state index < -0.39 is 35.0 Å². The van der Waals surface area contributed by atoms with Crippen LogP contribution in [0.4, 0.5) is 30.7 Å². The highest BCUT2D eigenvalue weighted by atomic mass is 32.1. The summed E-state index contributed by atoms with van der Waals surface area (Å²) in [6.07, 6.45) is -9.12. The van der Waals surface area contributed by atoms with Gasteiger partial charge in [-0.3, -0.25) is 14.5 Å². The molecule has 224 valence electrons. The summed E-state index contributed by atoms with van der Waals surface area (Å²) in [5.74, 6) is -1.59. The van der Waals surface area contributed by atoms with Gasteiger partial charge in [0.25, 0.3) is 5.91 Å². The molecule has 42 heavy (non-hydrogen) atoms. The standard InChI is InChI=1S/C29H26F7N3O2S/c30-22-4-1-3-18(15-22)26-23-6-12-42-24(23)5-9-39(26)17-25(40)37-7-2-8-38(11-10-37)27(41)19-13-20(28(31,32)33)16-21(14-19)29(34,35)36/h1,3-4,6,12-16,26H,2,5,7-11,17H2/t26-/m0/s1. The molecule has 0 N–H and O–H groups in total. The van der Waals surface area contributed by atoms with Gasteiger partial charge in [0.1, 0.15) is 5.82 Å². The molecular weight excluding hydrogens is 587 g/mol. The minimum Gasteiger partial charge on any atom is -0.340 e. The lowest BCUT2D eigenvalue weighted by Crippen LogP contribution is -2.45. The highest BCUT2D eigenvalue weighted by molar-refractivity contribution is 7.10. The Hall–Kier alpha value is -3.45. The number of nitrogens with zero attached hydrogens (tertiary/aromatic N) is 3. The predicted octanol–water partition coefficient (Wildman–Crippen LogP) is 6.25. The van der Waals surface area contributed by atoms with Crippen molar-refractivity contribution in [2.45, 2.75) is 31.2 Å². The molecule has 5 nitrogen and oxygen atoms in total. The van der Waals surface area contributed by atoms with E-state index in [0.717, 1.165) is 12.0 Å². The summed E-state index contributed by atoms with van der Waals surface area (Å²) in [6.45, 7) is 0.931. The Morgan fingerprint density at radius 3 is 2.17 bits per heavy atom. The first-order chi connectivity index (χ1) is 19.8. The van der Waals surface area contributed by atoms with Crippen molar-refractivity contribution in [1.82, 2.24) is 14.7 Å². The maximum absolute atomic E-state index is 14.1. The van der Waals surface area contributed by atoms with Crippen molar-refractivity contribution in [1.29, 1.82) is 0 Å². The number of carbonyl (C=O) groups is 2. The van der Waals surface area contributed by atoms with Crippen molar-refractivity contribution in [3.63, 3.8) is 0 Å². The van der Waals surface area contributed by atoms with Gasteiger partial charge in [0.05, 0.1) is 23.7 Å². The van der Waals surface area contributed by atoms with Gasteiger partial charge in [0.2, 0.25) is 5.91 Å². The molecule has 3 heterocycles. The van der Waals surface area contributed by atoms with Gasteiger partial charge in [-0.15, -0.1) is 11.3 Å². The van der Waals surface area contributed by atoms with Crippen molar-refractivity contribution in [3.8, 4) is 0 Å². The fourth-order valence-electron chi connectivity index (χ4n) is 5.51. The van der Waals surface area contributed by atoms with Crippen LogP contribution in [0.1, 0.15) is 50.0 Å². The zero-order chi connectivity index (χ0) is 30.2. The smallest absolute Gasteiger partial charge is 0.340 e.